The van der Waals surface area contributed by atoms with E-state index in [4.69, 9.17) is 11.6 Å². The number of piperazine rings is 1. The van der Waals surface area contributed by atoms with Crippen molar-refractivity contribution >= 4 is 38.7 Å². The SMILES string of the molecule is C[NH+]1CCN(c2ccc(NS(=O)(=O)c3ccc(Cl)c([N+](=O)[O-])c3)cc2)CC1. The lowest BCUT2D eigenvalue weighted by Gasteiger charge is -2.31. The second-order valence-electron chi connectivity index (χ2n) is 6.47. The van der Waals surface area contributed by atoms with Gasteiger partial charge in [0, 0.05) is 17.4 Å². The number of rotatable bonds is 5. The summed E-state index contributed by atoms with van der Waals surface area (Å²) >= 11 is 5.74. The van der Waals surface area contributed by atoms with Crippen LogP contribution in [0.1, 0.15) is 0 Å². The maximum absolute atomic E-state index is 12.5. The van der Waals surface area contributed by atoms with Crippen LogP contribution in [0.25, 0.3) is 0 Å². The molecule has 10 heteroatoms. The number of hydrogen-bond donors (Lipinski definition) is 2. The van der Waals surface area contributed by atoms with Gasteiger partial charge in [0.2, 0.25) is 0 Å². The van der Waals surface area contributed by atoms with Gasteiger partial charge >= 0.3 is 0 Å². The Balaban J connectivity index is 1.76. The van der Waals surface area contributed by atoms with Crippen LogP contribution in [-0.4, -0.2) is 46.6 Å². The van der Waals surface area contributed by atoms with E-state index in [-0.39, 0.29) is 9.92 Å². The predicted molar refractivity (Wildman–Crippen MR) is 104 cm³/mol. The second kappa shape index (κ2) is 7.71. The van der Waals surface area contributed by atoms with Crippen LogP contribution >= 0.6 is 11.6 Å². The van der Waals surface area contributed by atoms with Crippen LogP contribution < -0.4 is 14.5 Å². The van der Waals surface area contributed by atoms with Crippen LogP contribution in [0.4, 0.5) is 17.1 Å². The molecule has 2 aromatic carbocycles. The van der Waals surface area contributed by atoms with E-state index in [1.165, 1.54) is 17.0 Å². The maximum atomic E-state index is 12.5. The van der Waals surface area contributed by atoms with Gasteiger partial charge in [-0.25, -0.2) is 8.42 Å². The van der Waals surface area contributed by atoms with E-state index in [0.29, 0.717) is 5.69 Å². The first-order valence-electron chi connectivity index (χ1n) is 8.39. The van der Waals surface area contributed by atoms with Crippen LogP contribution in [0.3, 0.4) is 0 Å². The van der Waals surface area contributed by atoms with Crippen LogP contribution in [0.2, 0.25) is 5.02 Å². The number of nitro benzene ring substituents is 1. The number of sulfonamides is 1. The number of nitrogens with zero attached hydrogens (tertiary/aromatic N) is 2. The molecule has 0 amide bonds. The number of quaternary nitrogens is 1. The molecule has 2 aromatic rings. The molecule has 1 heterocycles. The van der Waals surface area contributed by atoms with Crippen LogP contribution in [0.15, 0.2) is 47.4 Å². The van der Waals surface area contributed by atoms with Gasteiger partial charge < -0.3 is 9.80 Å². The van der Waals surface area contributed by atoms with Gasteiger partial charge in [0.25, 0.3) is 15.7 Å². The van der Waals surface area contributed by atoms with E-state index < -0.39 is 20.6 Å². The predicted octanol–water partition coefficient (Wildman–Crippen LogP) is 1.38. The van der Waals surface area contributed by atoms with Crippen LogP contribution in [0.5, 0.6) is 0 Å². The van der Waals surface area contributed by atoms with Crippen molar-refractivity contribution in [2.24, 2.45) is 0 Å². The van der Waals surface area contributed by atoms with Crippen molar-refractivity contribution < 1.29 is 18.2 Å². The van der Waals surface area contributed by atoms with Crippen molar-refractivity contribution in [1.82, 2.24) is 0 Å². The van der Waals surface area contributed by atoms with Crippen molar-refractivity contribution in [3.05, 3.63) is 57.6 Å². The zero-order chi connectivity index (χ0) is 19.6. The molecule has 0 radical (unpaired) electrons. The van der Waals surface area contributed by atoms with E-state index in [2.05, 4.69) is 16.7 Å². The molecule has 27 heavy (non-hydrogen) atoms. The number of hydrogen-bond acceptors (Lipinski definition) is 5. The number of nitro groups is 1. The number of anilines is 2. The first-order valence-corrected chi connectivity index (χ1v) is 10.3. The summed E-state index contributed by atoms with van der Waals surface area (Å²) in [5.41, 5.74) is 0.968. The molecule has 0 unspecified atom stereocenters. The molecular formula is C17H20ClN4O4S+. The Morgan fingerprint density at radius 1 is 1.15 bits per heavy atom. The van der Waals surface area contributed by atoms with E-state index in [1.54, 1.807) is 12.1 Å². The molecule has 0 saturated carbocycles. The molecule has 1 aliphatic rings. The number of likely N-dealkylation sites (N-methyl/N-ethyl adjacent to an activating group) is 1. The standard InChI is InChI=1S/C17H19ClN4O4S/c1-20-8-10-21(11-9-20)14-4-2-13(3-5-14)19-27(25,26)15-6-7-16(18)17(12-15)22(23)24/h2-7,12,19H,8-11H2,1H3/p+1. The molecule has 1 saturated heterocycles. The minimum atomic E-state index is -3.96. The van der Waals surface area contributed by atoms with E-state index >= 15 is 0 Å². The lowest BCUT2D eigenvalue weighted by atomic mass is 10.2. The fraction of sp³-hybridized carbons (Fsp3) is 0.294. The first-order chi connectivity index (χ1) is 12.8. The number of benzene rings is 2. The third-order valence-corrected chi connectivity index (χ3v) is 6.22. The summed E-state index contributed by atoms with van der Waals surface area (Å²) in [6.45, 7) is 4.02. The van der Waals surface area contributed by atoms with Crippen molar-refractivity contribution in [3.8, 4) is 0 Å². The summed E-state index contributed by atoms with van der Waals surface area (Å²) < 4.78 is 27.5. The summed E-state index contributed by atoms with van der Waals surface area (Å²) in [5, 5.41) is 10.9. The number of halogens is 1. The van der Waals surface area contributed by atoms with Crippen molar-refractivity contribution in [1.29, 1.82) is 0 Å². The molecular weight excluding hydrogens is 392 g/mol. The average molecular weight is 412 g/mol. The second-order valence-corrected chi connectivity index (χ2v) is 8.56. The van der Waals surface area contributed by atoms with Gasteiger partial charge in [-0.1, -0.05) is 11.6 Å². The Morgan fingerprint density at radius 2 is 1.78 bits per heavy atom. The topological polar surface area (TPSA) is 97.0 Å². The molecule has 3 rings (SSSR count). The lowest BCUT2D eigenvalue weighted by Crippen LogP contribution is -3.12. The third kappa shape index (κ3) is 4.49. The average Bonchev–Trinajstić information content (AvgIpc) is 2.63. The van der Waals surface area contributed by atoms with Crippen molar-refractivity contribution in [3.63, 3.8) is 0 Å². The minimum absolute atomic E-state index is 0.114. The molecule has 0 atom stereocenters. The van der Waals surface area contributed by atoms with Gasteiger partial charge in [0.15, 0.2) is 0 Å². The van der Waals surface area contributed by atoms with Gasteiger partial charge in [-0.15, -0.1) is 0 Å². The zero-order valence-electron chi connectivity index (χ0n) is 14.7. The summed E-state index contributed by atoms with van der Waals surface area (Å²) in [6, 6.07) is 10.5. The number of nitrogens with one attached hydrogen (secondary N) is 2. The van der Waals surface area contributed by atoms with Gasteiger partial charge in [-0.05, 0) is 36.4 Å². The molecule has 1 aliphatic heterocycles. The Kier molecular flexibility index (Phi) is 5.54. The largest absolute Gasteiger partial charge is 0.360 e. The maximum Gasteiger partial charge on any atom is 0.289 e. The molecule has 1 fully saturated rings. The van der Waals surface area contributed by atoms with Gasteiger partial charge in [0.05, 0.1) is 43.0 Å². The van der Waals surface area contributed by atoms with Crippen molar-refractivity contribution in [2.75, 3.05) is 42.8 Å². The van der Waals surface area contributed by atoms with Crippen molar-refractivity contribution in [2.45, 2.75) is 4.90 Å². The highest BCUT2D eigenvalue weighted by molar-refractivity contribution is 7.92. The van der Waals surface area contributed by atoms with Crippen LogP contribution in [-0.2, 0) is 10.0 Å². The highest BCUT2D eigenvalue weighted by Gasteiger charge is 2.21. The smallest absolute Gasteiger partial charge is 0.289 e. The summed E-state index contributed by atoms with van der Waals surface area (Å²) in [6.07, 6.45) is 0. The molecule has 0 spiro atoms. The normalized spacial score (nSPS) is 15.6. The van der Waals surface area contributed by atoms with Gasteiger partial charge in [-0.2, -0.15) is 0 Å². The zero-order valence-corrected chi connectivity index (χ0v) is 16.3. The molecule has 2 N–H and O–H groups in total. The van der Waals surface area contributed by atoms with E-state index in [0.717, 1.165) is 37.9 Å². The summed E-state index contributed by atoms with van der Waals surface area (Å²) in [5.74, 6) is 0. The fourth-order valence-corrected chi connectivity index (χ4v) is 4.17. The molecule has 0 aliphatic carbocycles. The third-order valence-electron chi connectivity index (χ3n) is 4.53. The van der Waals surface area contributed by atoms with Gasteiger partial charge in [0.1, 0.15) is 5.02 Å². The highest BCUT2D eigenvalue weighted by Crippen LogP contribution is 2.28. The Bertz CT molecular complexity index is 942. The monoisotopic (exact) mass is 411 g/mol. The quantitative estimate of drug-likeness (QED) is 0.572. The minimum Gasteiger partial charge on any atom is -0.360 e. The Labute approximate surface area is 162 Å². The lowest BCUT2D eigenvalue weighted by molar-refractivity contribution is -0.880. The fourth-order valence-electron chi connectivity index (χ4n) is 2.90. The highest BCUT2D eigenvalue weighted by atomic mass is 35.5. The molecule has 0 bridgehead atoms. The first kappa shape index (κ1) is 19.4. The summed E-state index contributed by atoms with van der Waals surface area (Å²) in [7, 11) is -1.80. The summed E-state index contributed by atoms with van der Waals surface area (Å²) in [4.78, 5) is 13.8. The van der Waals surface area contributed by atoms with Gasteiger partial charge in [-0.3, -0.25) is 14.8 Å². The molecule has 8 nitrogen and oxygen atoms in total. The Hall–Kier alpha value is -2.36. The van der Waals surface area contributed by atoms with Crippen LogP contribution in [0, 0.1) is 10.1 Å². The van der Waals surface area contributed by atoms with E-state index in [1.807, 2.05) is 12.1 Å². The van der Waals surface area contributed by atoms with E-state index in [9.17, 15) is 18.5 Å². The molecule has 144 valence electrons. The molecule has 0 aromatic heterocycles. The Morgan fingerprint density at radius 3 is 2.37 bits per heavy atom.